The molecule has 2 heterocycles. The molecule has 0 radical (unpaired) electrons. The third-order valence-corrected chi connectivity index (χ3v) is 5.89. The number of aliphatic imine (C=N–C) groups is 4. The summed E-state index contributed by atoms with van der Waals surface area (Å²) in [6.45, 7) is 10.1. The third-order valence-electron chi connectivity index (χ3n) is 3.51. The zero-order chi connectivity index (χ0) is 15.9. The fourth-order valence-corrected chi connectivity index (χ4v) is 4.57. The molecule has 0 bridgehead atoms. The maximum absolute atomic E-state index is 5.48. The number of hydrogen-bond acceptors (Lipinski definition) is 7. The van der Waals surface area contributed by atoms with Gasteiger partial charge in [0.15, 0.2) is 0 Å². The van der Waals surface area contributed by atoms with E-state index in [0.717, 1.165) is 41.1 Å². The minimum absolute atomic E-state index is 0.138. The van der Waals surface area contributed by atoms with E-state index in [1.54, 1.807) is 0 Å². The summed E-state index contributed by atoms with van der Waals surface area (Å²) >= 11 is 0. The fourth-order valence-electron chi connectivity index (χ4n) is 2.14. The zero-order valence-corrected chi connectivity index (χ0v) is 15.3. The minimum atomic E-state index is 0.138. The van der Waals surface area contributed by atoms with Gasteiger partial charge in [-0.3, -0.25) is 15.0 Å². The molecule has 0 saturated heterocycles. The van der Waals surface area contributed by atoms with Gasteiger partial charge in [0.25, 0.3) is 0 Å². The van der Waals surface area contributed by atoms with Crippen LogP contribution in [-0.2, 0) is 4.74 Å². The van der Waals surface area contributed by atoms with Crippen molar-refractivity contribution in [2.24, 2.45) is 20.0 Å². The Kier molecular flexibility index (Phi) is 6.95. The van der Waals surface area contributed by atoms with Crippen LogP contribution in [-0.4, -0.2) is 66.3 Å². The molecule has 0 aromatic heterocycles. The lowest BCUT2D eigenvalue weighted by Crippen LogP contribution is -2.28. The Morgan fingerprint density at radius 2 is 1.55 bits per heavy atom. The van der Waals surface area contributed by atoms with E-state index in [0.29, 0.717) is 13.2 Å². The van der Waals surface area contributed by atoms with Crippen LogP contribution in [0.25, 0.3) is 0 Å². The molecule has 0 fully saturated rings. The van der Waals surface area contributed by atoms with Crippen molar-refractivity contribution >= 4 is 44.6 Å². The smallest absolute Gasteiger partial charge is 0.206 e. The largest absolute Gasteiger partial charge is 0.480 e. The van der Waals surface area contributed by atoms with Gasteiger partial charge >= 0.3 is 0 Å². The number of nitrogens with zero attached hydrogens (tertiary/aromatic N) is 4. The molecule has 2 rings (SSSR count). The van der Waals surface area contributed by atoms with Crippen molar-refractivity contribution in [1.82, 2.24) is 0 Å². The van der Waals surface area contributed by atoms with Crippen LogP contribution in [0.5, 0.6) is 0 Å². The van der Waals surface area contributed by atoms with Crippen molar-refractivity contribution in [1.29, 1.82) is 0 Å². The van der Waals surface area contributed by atoms with Crippen LogP contribution < -0.4 is 0 Å². The second-order valence-electron chi connectivity index (χ2n) is 5.34. The van der Waals surface area contributed by atoms with Crippen LogP contribution in [0.4, 0.5) is 0 Å². The van der Waals surface area contributed by atoms with Crippen molar-refractivity contribution in [2.75, 3.05) is 31.2 Å². The first kappa shape index (κ1) is 17.5. The molecule has 0 saturated carbocycles. The maximum atomic E-state index is 5.48. The van der Waals surface area contributed by atoms with Crippen molar-refractivity contribution < 1.29 is 4.74 Å². The Morgan fingerprint density at radius 1 is 0.955 bits per heavy atom. The lowest BCUT2D eigenvalue weighted by molar-refractivity contribution is 0.318. The van der Waals surface area contributed by atoms with Crippen LogP contribution >= 0.6 is 21.6 Å². The molecule has 0 N–H and O–H groups in total. The number of ether oxygens (including phenoxy) is 1. The molecular weight excluding hydrogens is 316 g/mol. The average molecular weight is 341 g/mol. The summed E-state index contributed by atoms with van der Waals surface area (Å²) in [7, 11) is 3.67. The summed E-state index contributed by atoms with van der Waals surface area (Å²) in [5.41, 5.74) is 3.37. The Morgan fingerprint density at radius 3 is 2.18 bits per heavy atom. The predicted molar refractivity (Wildman–Crippen MR) is 101 cm³/mol. The molecule has 0 amide bonds. The molecule has 2 aliphatic heterocycles. The van der Waals surface area contributed by atoms with Crippen molar-refractivity contribution in [3.05, 3.63) is 0 Å². The monoisotopic (exact) mass is 340 g/mol. The van der Waals surface area contributed by atoms with Crippen LogP contribution in [0.2, 0.25) is 0 Å². The summed E-state index contributed by atoms with van der Waals surface area (Å²) in [4.78, 5) is 18.3. The van der Waals surface area contributed by atoms with Gasteiger partial charge in [-0.25, -0.2) is 4.99 Å². The van der Waals surface area contributed by atoms with E-state index < -0.39 is 0 Å². The summed E-state index contributed by atoms with van der Waals surface area (Å²) in [5, 5.41) is 0. The fraction of sp³-hybridized carbons (Fsp3) is 0.733. The second-order valence-corrected chi connectivity index (χ2v) is 7.89. The molecule has 0 aromatic carbocycles. The average Bonchev–Trinajstić information content (AvgIpc) is 2.50. The van der Waals surface area contributed by atoms with Crippen LogP contribution in [0, 0.1) is 0 Å². The van der Waals surface area contributed by atoms with Gasteiger partial charge in [0.2, 0.25) is 5.90 Å². The van der Waals surface area contributed by atoms with Crippen LogP contribution in [0.1, 0.15) is 27.7 Å². The molecule has 0 spiro atoms. The molecule has 0 aromatic rings. The summed E-state index contributed by atoms with van der Waals surface area (Å²) in [6, 6.07) is 0.369. The standard InChI is InChI=1S/C15H24N4OS2/c1-5-20-15-7-17-12(4)14(19-15)9-22-21-8-13-11(3)16-6-10(2)18-13/h13-14H,5-9H2,1-4H3/t13-,14-/m0/s1. The highest BCUT2D eigenvalue weighted by atomic mass is 33.1. The molecule has 2 aliphatic rings. The normalized spacial score (nSPS) is 25.1. The molecule has 7 heteroatoms. The van der Waals surface area contributed by atoms with E-state index in [1.165, 1.54) is 0 Å². The SMILES string of the molecule is CCOC1=N[C@@H](CSSC[C@@H]2N=C(C)CN=C2C)C(C)=NC1. The second kappa shape index (κ2) is 8.72. The Bertz CT molecular complexity index is 514. The first-order valence-electron chi connectivity index (χ1n) is 7.59. The molecule has 122 valence electrons. The predicted octanol–water partition coefficient (Wildman–Crippen LogP) is 2.95. The Hall–Kier alpha value is -0.820. The topological polar surface area (TPSA) is 58.7 Å². The van der Waals surface area contributed by atoms with Crippen molar-refractivity contribution in [3.63, 3.8) is 0 Å². The van der Waals surface area contributed by atoms with E-state index in [2.05, 4.69) is 26.9 Å². The molecule has 5 nitrogen and oxygen atoms in total. The van der Waals surface area contributed by atoms with Crippen molar-refractivity contribution in [3.8, 4) is 0 Å². The highest BCUT2D eigenvalue weighted by molar-refractivity contribution is 8.76. The lowest BCUT2D eigenvalue weighted by Gasteiger charge is -2.20. The van der Waals surface area contributed by atoms with Gasteiger partial charge in [-0.1, -0.05) is 21.6 Å². The number of hydrogen-bond donors (Lipinski definition) is 0. The third kappa shape index (κ3) is 5.12. The number of rotatable bonds is 6. The molecular formula is C15H24N4OS2. The van der Waals surface area contributed by atoms with E-state index in [9.17, 15) is 0 Å². The highest BCUT2D eigenvalue weighted by Crippen LogP contribution is 2.26. The molecule has 22 heavy (non-hydrogen) atoms. The molecule has 2 atom stereocenters. The van der Waals surface area contributed by atoms with Gasteiger partial charge in [-0.05, 0) is 27.7 Å². The van der Waals surface area contributed by atoms with Crippen molar-refractivity contribution in [2.45, 2.75) is 39.8 Å². The van der Waals surface area contributed by atoms with E-state index in [1.807, 2.05) is 42.4 Å². The molecule has 0 unspecified atom stereocenters. The first-order valence-corrected chi connectivity index (χ1v) is 10.1. The Labute approximate surface area is 140 Å². The lowest BCUT2D eigenvalue weighted by atomic mass is 10.2. The van der Waals surface area contributed by atoms with Crippen LogP contribution in [0.15, 0.2) is 20.0 Å². The Balaban J connectivity index is 1.76. The van der Waals surface area contributed by atoms with Gasteiger partial charge in [0, 0.05) is 28.6 Å². The summed E-state index contributed by atoms with van der Waals surface area (Å²) < 4.78 is 5.48. The zero-order valence-electron chi connectivity index (χ0n) is 13.7. The van der Waals surface area contributed by atoms with Gasteiger partial charge in [-0.2, -0.15) is 0 Å². The molecule has 0 aliphatic carbocycles. The maximum Gasteiger partial charge on any atom is 0.206 e. The van der Waals surface area contributed by atoms with Crippen LogP contribution in [0.3, 0.4) is 0 Å². The van der Waals surface area contributed by atoms with Gasteiger partial charge < -0.3 is 4.74 Å². The minimum Gasteiger partial charge on any atom is -0.480 e. The summed E-state index contributed by atoms with van der Waals surface area (Å²) in [5.74, 6) is 2.64. The van der Waals surface area contributed by atoms with Gasteiger partial charge in [0.1, 0.15) is 12.6 Å². The quantitative estimate of drug-likeness (QED) is 0.552. The van der Waals surface area contributed by atoms with Gasteiger partial charge in [-0.15, -0.1) is 0 Å². The van der Waals surface area contributed by atoms with E-state index in [4.69, 9.17) is 4.74 Å². The van der Waals surface area contributed by atoms with E-state index in [-0.39, 0.29) is 12.1 Å². The highest BCUT2D eigenvalue weighted by Gasteiger charge is 2.19. The van der Waals surface area contributed by atoms with E-state index >= 15 is 0 Å². The first-order chi connectivity index (χ1) is 10.6. The summed E-state index contributed by atoms with van der Waals surface area (Å²) in [6.07, 6.45) is 0. The van der Waals surface area contributed by atoms with Gasteiger partial charge in [0.05, 0.1) is 19.2 Å².